The number of hydrogen-bond donors (Lipinski definition) is 0. The summed E-state index contributed by atoms with van der Waals surface area (Å²) in [7, 11) is 0. The predicted molar refractivity (Wildman–Crippen MR) is 72.8 cm³/mol. The summed E-state index contributed by atoms with van der Waals surface area (Å²) < 4.78 is 0. The molecule has 0 saturated carbocycles. The molecule has 82 valence electrons. The first kappa shape index (κ1) is 17.9. The zero-order valence-corrected chi connectivity index (χ0v) is 10.7. The Labute approximate surface area is 121 Å². The van der Waals surface area contributed by atoms with Crippen LogP contribution >= 0.6 is 15.9 Å². The standard InChI is InChI=1S/C12H25Br.Na.H/c1-2-3-4-5-6-7-8-9-10-11-12-13;;/h2-12H2,1H3;;. The summed E-state index contributed by atoms with van der Waals surface area (Å²) in [5.41, 5.74) is 0. The summed E-state index contributed by atoms with van der Waals surface area (Å²) >= 11 is 3.46. The Kier molecular flexibility index (Phi) is 21.6. The van der Waals surface area contributed by atoms with Gasteiger partial charge in [0.1, 0.15) is 0 Å². The third kappa shape index (κ3) is 15.9. The van der Waals surface area contributed by atoms with Gasteiger partial charge in [0.25, 0.3) is 0 Å². The third-order valence-corrected chi connectivity index (χ3v) is 3.05. The van der Waals surface area contributed by atoms with Gasteiger partial charge in [-0.3, -0.25) is 0 Å². The van der Waals surface area contributed by atoms with Crippen LogP contribution in [0, 0.1) is 0 Å². The molecule has 0 heterocycles. The molecule has 0 atom stereocenters. The van der Waals surface area contributed by atoms with Crippen molar-refractivity contribution in [2.24, 2.45) is 0 Å². The van der Waals surface area contributed by atoms with Gasteiger partial charge >= 0.3 is 29.6 Å². The molecule has 0 amide bonds. The number of alkyl halides is 1. The molecule has 0 aromatic rings. The van der Waals surface area contributed by atoms with E-state index in [0.717, 1.165) is 0 Å². The Hall–Kier alpha value is 1.48. The quantitative estimate of drug-likeness (QED) is 0.308. The minimum absolute atomic E-state index is 0. The van der Waals surface area contributed by atoms with Crippen molar-refractivity contribution in [1.29, 1.82) is 0 Å². The number of hydrogen-bond acceptors (Lipinski definition) is 0. The van der Waals surface area contributed by atoms with E-state index in [1.54, 1.807) is 0 Å². The predicted octanol–water partition coefficient (Wildman–Crippen LogP) is 4.65. The maximum absolute atomic E-state index is 3.46. The van der Waals surface area contributed by atoms with Crippen molar-refractivity contribution < 1.29 is 0 Å². The minimum atomic E-state index is 0. The van der Waals surface area contributed by atoms with Crippen LogP contribution in [0.15, 0.2) is 0 Å². The molecule has 0 spiro atoms. The van der Waals surface area contributed by atoms with E-state index in [2.05, 4.69) is 22.9 Å². The Morgan fingerprint density at radius 3 is 1.36 bits per heavy atom. The van der Waals surface area contributed by atoms with Crippen LogP contribution < -0.4 is 0 Å². The Bertz CT molecular complexity index is 76.4. The summed E-state index contributed by atoms with van der Waals surface area (Å²) in [6.07, 6.45) is 14.3. The SMILES string of the molecule is CCCCCCCCCCCCBr.[NaH]. The first-order valence-corrected chi connectivity index (χ1v) is 7.10. The van der Waals surface area contributed by atoms with Gasteiger partial charge in [-0.15, -0.1) is 0 Å². The molecule has 0 nitrogen and oxygen atoms in total. The third-order valence-electron chi connectivity index (χ3n) is 2.49. The summed E-state index contributed by atoms with van der Waals surface area (Å²) in [5, 5.41) is 1.18. The zero-order valence-electron chi connectivity index (χ0n) is 9.16. The second-order valence-corrected chi connectivity index (χ2v) is 4.66. The first-order valence-electron chi connectivity index (χ1n) is 5.97. The number of halogens is 1. The van der Waals surface area contributed by atoms with E-state index in [1.165, 1.54) is 69.5 Å². The van der Waals surface area contributed by atoms with E-state index in [1.807, 2.05) is 0 Å². The fourth-order valence-electron chi connectivity index (χ4n) is 1.58. The van der Waals surface area contributed by atoms with Crippen LogP contribution in [0.25, 0.3) is 0 Å². The van der Waals surface area contributed by atoms with Crippen LogP contribution in [-0.4, -0.2) is 34.9 Å². The van der Waals surface area contributed by atoms with Gasteiger partial charge < -0.3 is 0 Å². The van der Waals surface area contributed by atoms with Crippen molar-refractivity contribution in [3.63, 3.8) is 0 Å². The van der Waals surface area contributed by atoms with Crippen LogP contribution in [0.4, 0.5) is 0 Å². The molecule has 0 N–H and O–H groups in total. The molecule has 0 fully saturated rings. The zero-order chi connectivity index (χ0) is 9.78. The maximum atomic E-state index is 3.46. The molecular formula is C12H26BrNa. The Balaban J connectivity index is 0. The summed E-state index contributed by atoms with van der Waals surface area (Å²) in [6.45, 7) is 2.28. The fourth-order valence-corrected chi connectivity index (χ4v) is 1.98. The average Bonchev–Trinajstić information content (AvgIpc) is 2.16. The topological polar surface area (TPSA) is 0 Å². The van der Waals surface area contributed by atoms with Crippen molar-refractivity contribution in [1.82, 2.24) is 0 Å². The Morgan fingerprint density at radius 2 is 1.00 bits per heavy atom. The van der Waals surface area contributed by atoms with Crippen LogP contribution in [0.2, 0.25) is 0 Å². The molecule has 0 aliphatic heterocycles. The second-order valence-electron chi connectivity index (χ2n) is 3.87. The normalized spacial score (nSPS) is 9.86. The summed E-state index contributed by atoms with van der Waals surface area (Å²) in [6, 6.07) is 0. The van der Waals surface area contributed by atoms with Crippen LogP contribution in [0.1, 0.15) is 71.1 Å². The molecule has 0 aromatic carbocycles. The van der Waals surface area contributed by atoms with Gasteiger partial charge in [-0.1, -0.05) is 80.6 Å². The van der Waals surface area contributed by atoms with Crippen molar-refractivity contribution in [2.45, 2.75) is 71.1 Å². The van der Waals surface area contributed by atoms with Gasteiger partial charge in [0.15, 0.2) is 0 Å². The van der Waals surface area contributed by atoms with Crippen molar-refractivity contribution in [3.8, 4) is 0 Å². The van der Waals surface area contributed by atoms with E-state index in [-0.39, 0.29) is 29.6 Å². The molecule has 2 heteroatoms. The second kappa shape index (κ2) is 16.9. The van der Waals surface area contributed by atoms with Crippen molar-refractivity contribution >= 4 is 45.5 Å². The van der Waals surface area contributed by atoms with Gasteiger partial charge in [-0.2, -0.15) is 0 Å². The molecular weight excluding hydrogens is 247 g/mol. The molecule has 0 bridgehead atoms. The molecule has 0 saturated heterocycles. The first-order chi connectivity index (χ1) is 6.41. The molecule has 0 aliphatic carbocycles. The van der Waals surface area contributed by atoms with Gasteiger partial charge in [-0.05, 0) is 6.42 Å². The van der Waals surface area contributed by atoms with E-state index in [4.69, 9.17) is 0 Å². The van der Waals surface area contributed by atoms with Gasteiger partial charge in [-0.25, -0.2) is 0 Å². The molecule has 0 radical (unpaired) electrons. The Morgan fingerprint density at radius 1 is 0.643 bits per heavy atom. The average molecular weight is 273 g/mol. The number of rotatable bonds is 10. The van der Waals surface area contributed by atoms with E-state index in [9.17, 15) is 0 Å². The van der Waals surface area contributed by atoms with Crippen LogP contribution in [0.5, 0.6) is 0 Å². The van der Waals surface area contributed by atoms with Crippen molar-refractivity contribution in [2.75, 3.05) is 5.33 Å². The molecule has 0 aliphatic rings. The van der Waals surface area contributed by atoms with E-state index < -0.39 is 0 Å². The van der Waals surface area contributed by atoms with Gasteiger partial charge in [0.2, 0.25) is 0 Å². The summed E-state index contributed by atoms with van der Waals surface area (Å²) in [5.74, 6) is 0. The van der Waals surface area contributed by atoms with Gasteiger partial charge in [0, 0.05) is 5.33 Å². The molecule has 14 heavy (non-hydrogen) atoms. The fraction of sp³-hybridized carbons (Fsp3) is 1.00. The monoisotopic (exact) mass is 272 g/mol. The van der Waals surface area contributed by atoms with Crippen molar-refractivity contribution in [3.05, 3.63) is 0 Å². The van der Waals surface area contributed by atoms with E-state index in [0.29, 0.717) is 0 Å². The molecule has 0 aromatic heterocycles. The number of unbranched alkanes of at least 4 members (excludes halogenated alkanes) is 9. The van der Waals surface area contributed by atoms with Gasteiger partial charge in [0.05, 0.1) is 0 Å². The molecule has 0 rings (SSSR count). The van der Waals surface area contributed by atoms with Crippen LogP contribution in [-0.2, 0) is 0 Å². The molecule has 0 unspecified atom stereocenters. The summed E-state index contributed by atoms with van der Waals surface area (Å²) in [4.78, 5) is 0. The van der Waals surface area contributed by atoms with Crippen LogP contribution in [0.3, 0.4) is 0 Å². The van der Waals surface area contributed by atoms with E-state index >= 15 is 0 Å².